The van der Waals surface area contributed by atoms with Crippen molar-refractivity contribution < 1.29 is 23.5 Å². The van der Waals surface area contributed by atoms with Crippen molar-refractivity contribution in [2.75, 3.05) is 19.5 Å². The average Bonchev–Trinajstić information content (AvgIpc) is 3.07. The summed E-state index contributed by atoms with van der Waals surface area (Å²) in [6.45, 7) is 0. The van der Waals surface area contributed by atoms with Crippen LogP contribution in [-0.2, 0) is 0 Å². The number of hydrogen-bond acceptors (Lipinski definition) is 5. The van der Waals surface area contributed by atoms with Crippen LogP contribution in [0.3, 0.4) is 0 Å². The number of benzene rings is 1. The Morgan fingerprint density at radius 3 is 2.55 bits per heavy atom. The molecular weight excluding hydrogens is 290 g/mol. The van der Waals surface area contributed by atoms with Crippen molar-refractivity contribution in [1.29, 1.82) is 0 Å². The first-order chi connectivity index (χ1) is 10.6. The van der Waals surface area contributed by atoms with Crippen LogP contribution in [0, 0.1) is 0 Å². The van der Waals surface area contributed by atoms with Crippen LogP contribution in [-0.4, -0.2) is 26.2 Å². The fourth-order valence-corrected chi connectivity index (χ4v) is 1.65. The Kier molecular flexibility index (Phi) is 4.86. The molecule has 2 rings (SSSR count). The molecule has 1 aromatic heterocycles. The summed E-state index contributed by atoms with van der Waals surface area (Å²) in [5.41, 5.74) is 4.80. The standard InChI is InChI=1S/C14H15N3O5/c1-20-9-5-6-11(21-2)10(8-9)15-14(19)17-16-13(18)12-4-3-7-22-12/h3-8H,1-2H3,(H,16,18)(H2,15,17,19). The van der Waals surface area contributed by atoms with Crippen molar-refractivity contribution in [3.63, 3.8) is 0 Å². The minimum absolute atomic E-state index is 0.0826. The number of methoxy groups -OCH3 is 2. The van der Waals surface area contributed by atoms with Gasteiger partial charge in [0.05, 0.1) is 26.2 Å². The van der Waals surface area contributed by atoms with Crippen LogP contribution in [0.1, 0.15) is 10.6 Å². The molecule has 0 atom stereocenters. The maximum atomic E-state index is 11.8. The summed E-state index contributed by atoms with van der Waals surface area (Å²) in [5, 5.41) is 2.54. The molecule has 0 bridgehead atoms. The van der Waals surface area contributed by atoms with Gasteiger partial charge in [-0.3, -0.25) is 10.2 Å². The highest BCUT2D eigenvalue weighted by Crippen LogP contribution is 2.28. The van der Waals surface area contributed by atoms with Gasteiger partial charge in [-0.05, 0) is 24.3 Å². The van der Waals surface area contributed by atoms with Crippen molar-refractivity contribution in [1.82, 2.24) is 10.9 Å². The first kappa shape index (κ1) is 15.2. The Labute approximate surface area is 126 Å². The van der Waals surface area contributed by atoms with Gasteiger partial charge in [0.1, 0.15) is 11.5 Å². The minimum Gasteiger partial charge on any atom is -0.497 e. The molecular formula is C14H15N3O5. The molecule has 0 aliphatic rings. The van der Waals surface area contributed by atoms with Gasteiger partial charge in [-0.2, -0.15) is 0 Å². The minimum atomic E-state index is -0.647. The van der Waals surface area contributed by atoms with Gasteiger partial charge in [0, 0.05) is 6.07 Å². The van der Waals surface area contributed by atoms with Crippen molar-refractivity contribution >= 4 is 17.6 Å². The SMILES string of the molecule is COc1ccc(OC)c(NC(=O)NNC(=O)c2ccco2)c1. The number of anilines is 1. The molecule has 0 aliphatic carbocycles. The summed E-state index contributed by atoms with van der Waals surface area (Å²) >= 11 is 0. The zero-order valence-corrected chi connectivity index (χ0v) is 12.0. The number of amides is 3. The van der Waals surface area contributed by atoms with Crippen molar-refractivity contribution in [2.45, 2.75) is 0 Å². The molecule has 0 aliphatic heterocycles. The smallest absolute Gasteiger partial charge is 0.338 e. The lowest BCUT2D eigenvalue weighted by atomic mass is 10.2. The number of furan rings is 1. The molecule has 0 saturated heterocycles. The van der Waals surface area contributed by atoms with E-state index in [2.05, 4.69) is 16.2 Å². The van der Waals surface area contributed by atoms with E-state index in [9.17, 15) is 9.59 Å². The topological polar surface area (TPSA) is 102 Å². The van der Waals surface area contributed by atoms with Crippen molar-refractivity contribution in [3.8, 4) is 11.5 Å². The van der Waals surface area contributed by atoms with E-state index in [4.69, 9.17) is 13.9 Å². The first-order valence-electron chi connectivity index (χ1n) is 6.27. The van der Waals surface area contributed by atoms with Gasteiger partial charge in [-0.15, -0.1) is 0 Å². The van der Waals surface area contributed by atoms with Crippen LogP contribution < -0.4 is 25.6 Å². The Morgan fingerprint density at radius 1 is 1.09 bits per heavy atom. The van der Waals surface area contributed by atoms with E-state index in [0.29, 0.717) is 17.2 Å². The lowest BCUT2D eigenvalue weighted by molar-refractivity contribution is 0.0910. The van der Waals surface area contributed by atoms with Crippen molar-refractivity contribution in [2.24, 2.45) is 0 Å². The largest absolute Gasteiger partial charge is 0.497 e. The summed E-state index contributed by atoms with van der Waals surface area (Å²) in [7, 11) is 2.98. The highest BCUT2D eigenvalue weighted by atomic mass is 16.5. The first-order valence-corrected chi connectivity index (χ1v) is 6.27. The predicted octanol–water partition coefficient (Wildman–Crippen LogP) is 1.76. The predicted molar refractivity (Wildman–Crippen MR) is 77.9 cm³/mol. The maximum Gasteiger partial charge on any atom is 0.338 e. The van der Waals surface area contributed by atoms with Gasteiger partial charge in [-0.25, -0.2) is 10.2 Å². The highest BCUT2D eigenvalue weighted by molar-refractivity contribution is 5.96. The summed E-state index contributed by atoms with van der Waals surface area (Å²) < 4.78 is 15.1. The Morgan fingerprint density at radius 2 is 1.91 bits per heavy atom. The third-order valence-electron chi connectivity index (χ3n) is 2.69. The number of nitrogens with one attached hydrogen (secondary N) is 3. The molecule has 0 saturated carbocycles. The molecule has 116 valence electrons. The molecule has 3 N–H and O–H groups in total. The second kappa shape index (κ2) is 7.02. The fraction of sp³-hybridized carbons (Fsp3) is 0.143. The average molecular weight is 305 g/mol. The maximum absolute atomic E-state index is 11.8. The third-order valence-corrected chi connectivity index (χ3v) is 2.69. The summed E-state index contributed by atoms with van der Waals surface area (Å²) in [4.78, 5) is 23.4. The van der Waals surface area contributed by atoms with Gasteiger partial charge in [0.25, 0.3) is 0 Å². The molecule has 0 radical (unpaired) electrons. The number of carbonyl (C=O) groups is 2. The molecule has 8 nitrogen and oxygen atoms in total. The van der Waals surface area contributed by atoms with Crippen LogP contribution in [0.2, 0.25) is 0 Å². The number of hydrogen-bond donors (Lipinski definition) is 3. The van der Waals surface area contributed by atoms with Crippen LogP contribution in [0.15, 0.2) is 41.0 Å². The number of hydrazine groups is 1. The van der Waals surface area contributed by atoms with E-state index in [-0.39, 0.29) is 5.76 Å². The van der Waals surface area contributed by atoms with Crippen LogP contribution in [0.5, 0.6) is 11.5 Å². The lowest BCUT2D eigenvalue weighted by Crippen LogP contribution is -2.43. The number of rotatable bonds is 4. The quantitative estimate of drug-likeness (QED) is 0.747. The zero-order valence-electron chi connectivity index (χ0n) is 12.0. The lowest BCUT2D eigenvalue weighted by Gasteiger charge is -2.12. The van der Waals surface area contributed by atoms with E-state index < -0.39 is 11.9 Å². The Bertz CT molecular complexity index is 655. The second-order valence-corrected chi connectivity index (χ2v) is 4.08. The molecule has 1 aromatic carbocycles. The monoisotopic (exact) mass is 305 g/mol. The van der Waals surface area contributed by atoms with Crippen LogP contribution in [0.25, 0.3) is 0 Å². The Hall–Kier alpha value is -3.16. The van der Waals surface area contributed by atoms with Gasteiger partial charge in [0.2, 0.25) is 0 Å². The number of ether oxygens (including phenoxy) is 2. The van der Waals surface area contributed by atoms with E-state index in [1.165, 1.54) is 26.5 Å². The summed E-state index contributed by atoms with van der Waals surface area (Å²) in [6, 6.07) is 7.32. The molecule has 3 amide bonds. The molecule has 22 heavy (non-hydrogen) atoms. The third kappa shape index (κ3) is 3.69. The molecule has 0 spiro atoms. The molecule has 1 heterocycles. The van der Waals surface area contributed by atoms with E-state index in [1.54, 1.807) is 24.3 Å². The highest BCUT2D eigenvalue weighted by Gasteiger charge is 2.12. The van der Waals surface area contributed by atoms with Crippen LogP contribution >= 0.6 is 0 Å². The van der Waals surface area contributed by atoms with Gasteiger partial charge in [-0.1, -0.05) is 0 Å². The number of carbonyl (C=O) groups excluding carboxylic acids is 2. The van der Waals surface area contributed by atoms with Gasteiger partial charge >= 0.3 is 11.9 Å². The zero-order chi connectivity index (χ0) is 15.9. The van der Waals surface area contributed by atoms with Gasteiger partial charge in [0.15, 0.2) is 5.76 Å². The van der Waals surface area contributed by atoms with E-state index in [1.807, 2.05) is 0 Å². The van der Waals surface area contributed by atoms with Crippen LogP contribution in [0.4, 0.5) is 10.5 Å². The molecule has 8 heteroatoms. The van der Waals surface area contributed by atoms with E-state index >= 15 is 0 Å². The van der Waals surface area contributed by atoms with Gasteiger partial charge < -0.3 is 19.2 Å². The molecule has 0 unspecified atom stereocenters. The number of urea groups is 1. The fourth-order valence-electron chi connectivity index (χ4n) is 1.65. The summed E-state index contributed by atoms with van der Waals surface area (Å²) in [5.74, 6) is 0.515. The normalized spacial score (nSPS) is 9.73. The summed E-state index contributed by atoms with van der Waals surface area (Å²) in [6.07, 6.45) is 1.36. The molecule has 0 fully saturated rings. The van der Waals surface area contributed by atoms with Crippen molar-refractivity contribution in [3.05, 3.63) is 42.4 Å². The molecule has 2 aromatic rings. The second-order valence-electron chi connectivity index (χ2n) is 4.08. The van der Waals surface area contributed by atoms with E-state index in [0.717, 1.165) is 0 Å². The Balaban J connectivity index is 1.95.